The van der Waals surface area contributed by atoms with Crippen LogP contribution in [0.15, 0.2) is 47.3 Å². The Hall–Kier alpha value is -2.66. The van der Waals surface area contributed by atoms with Gasteiger partial charge in [0.25, 0.3) is 5.56 Å². The van der Waals surface area contributed by atoms with Crippen LogP contribution in [0.1, 0.15) is 51.5 Å². The summed E-state index contributed by atoms with van der Waals surface area (Å²) in [6.45, 7) is 9.59. The van der Waals surface area contributed by atoms with Gasteiger partial charge >= 0.3 is 0 Å². The summed E-state index contributed by atoms with van der Waals surface area (Å²) < 4.78 is 1.63. The number of amides is 1. The van der Waals surface area contributed by atoms with Gasteiger partial charge < -0.3 is 4.90 Å². The van der Waals surface area contributed by atoms with Gasteiger partial charge in [0.1, 0.15) is 5.82 Å². The summed E-state index contributed by atoms with van der Waals surface area (Å²) in [6.07, 6.45) is 0.621. The summed E-state index contributed by atoms with van der Waals surface area (Å²) in [4.78, 5) is 33.2. The fourth-order valence-corrected chi connectivity index (χ4v) is 4.00. The van der Waals surface area contributed by atoms with Crippen molar-refractivity contribution in [3.63, 3.8) is 0 Å². The Kier molecular flexibility index (Phi) is 6.04. The lowest BCUT2D eigenvalue weighted by atomic mass is 9.93. The molecule has 0 saturated carbocycles. The van der Waals surface area contributed by atoms with Crippen molar-refractivity contribution in [2.45, 2.75) is 47.1 Å². The summed E-state index contributed by atoms with van der Waals surface area (Å²) >= 11 is 6.16. The van der Waals surface area contributed by atoms with E-state index in [1.54, 1.807) is 28.6 Å². The van der Waals surface area contributed by atoms with Crippen molar-refractivity contribution >= 4 is 28.4 Å². The smallest absolute Gasteiger partial charge is 0.266 e. The van der Waals surface area contributed by atoms with Crippen molar-refractivity contribution in [3.05, 3.63) is 69.2 Å². The summed E-state index contributed by atoms with van der Waals surface area (Å²) in [5.74, 6) is 0.544. The van der Waals surface area contributed by atoms with Crippen molar-refractivity contribution < 1.29 is 4.79 Å². The molecule has 0 bridgehead atoms. The second-order valence-electron chi connectivity index (χ2n) is 8.65. The Morgan fingerprint density at radius 1 is 1.20 bits per heavy atom. The third-order valence-corrected chi connectivity index (χ3v) is 5.55. The first-order valence-corrected chi connectivity index (χ1v) is 10.5. The highest BCUT2D eigenvalue weighted by Gasteiger charge is 2.32. The van der Waals surface area contributed by atoms with E-state index < -0.39 is 5.41 Å². The fraction of sp³-hybridized carbons (Fsp3) is 0.375. The number of rotatable bonds is 4. The van der Waals surface area contributed by atoms with Crippen molar-refractivity contribution in [2.75, 3.05) is 7.05 Å². The Morgan fingerprint density at radius 3 is 2.47 bits per heavy atom. The molecule has 0 aliphatic rings. The predicted molar refractivity (Wildman–Crippen MR) is 122 cm³/mol. The quantitative estimate of drug-likeness (QED) is 0.569. The Balaban J connectivity index is 2.34. The van der Waals surface area contributed by atoms with Crippen LogP contribution in [0.25, 0.3) is 16.6 Å². The second kappa shape index (κ2) is 8.23. The van der Waals surface area contributed by atoms with Gasteiger partial charge in [-0.1, -0.05) is 51.4 Å². The minimum Gasteiger partial charge on any atom is -0.335 e. The summed E-state index contributed by atoms with van der Waals surface area (Å²) in [6, 6.07) is 12.4. The van der Waals surface area contributed by atoms with Crippen molar-refractivity contribution in [1.82, 2.24) is 14.5 Å². The van der Waals surface area contributed by atoms with Crippen LogP contribution in [0.4, 0.5) is 0 Å². The van der Waals surface area contributed by atoms with Crippen molar-refractivity contribution in [1.29, 1.82) is 0 Å². The zero-order valence-corrected chi connectivity index (χ0v) is 19.1. The summed E-state index contributed by atoms with van der Waals surface area (Å²) in [7, 11) is 1.78. The molecule has 0 saturated heterocycles. The van der Waals surface area contributed by atoms with E-state index in [2.05, 4.69) is 0 Å². The molecule has 0 spiro atoms. The van der Waals surface area contributed by atoms with Crippen LogP contribution >= 0.6 is 11.6 Å². The first-order chi connectivity index (χ1) is 14.1. The topological polar surface area (TPSA) is 55.2 Å². The van der Waals surface area contributed by atoms with E-state index in [1.807, 2.05) is 65.0 Å². The molecule has 0 radical (unpaired) electrons. The average Bonchev–Trinajstić information content (AvgIpc) is 2.68. The van der Waals surface area contributed by atoms with Crippen LogP contribution in [0.5, 0.6) is 0 Å². The van der Waals surface area contributed by atoms with E-state index >= 15 is 0 Å². The van der Waals surface area contributed by atoms with Crippen molar-refractivity contribution in [3.8, 4) is 5.69 Å². The summed E-state index contributed by atoms with van der Waals surface area (Å²) in [5, 5.41) is 1.14. The molecule has 0 aliphatic carbocycles. The van der Waals surface area contributed by atoms with Crippen LogP contribution in [-0.2, 0) is 4.79 Å². The highest BCUT2D eigenvalue weighted by Crippen LogP contribution is 2.30. The standard InChI is InChI=1S/C24H28ClN3O2/c1-7-19(27(6)23(30)24(3,4)5)21-26-18-11-9-8-10-17(18)22(29)28(21)20-13-12-16(25)14-15(20)2/h8-14,19H,7H2,1-6H3. The van der Waals surface area contributed by atoms with Crippen LogP contribution in [-0.4, -0.2) is 27.4 Å². The molecule has 1 amide bonds. The molecule has 1 aromatic heterocycles. The monoisotopic (exact) mass is 425 g/mol. The van der Waals surface area contributed by atoms with Crippen LogP contribution in [0.3, 0.4) is 0 Å². The molecular formula is C24H28ClN3O2. The molecule has 3 rings (SSSR count). The molecule has 3 aromatic rings. The number of benzene rings is 2. The van der Waals surface area contributed by atoms with E-state index in [0.29, 0.717) is 33.9 Å². The second-order valence-corrected chi connectivity index (χ2v) is 9.09. The number of carbonyl (C=O) groups is 1. The Morgan fingerprint density at radius 2 is 1.87 bits per heavy atom. The van der Waals surface area contributed by atoms with E-state index in [-0.39, 0.29) is 17.5 Å². The molecule has 1 unspecified atom stereocenters. The number of para-hydroxylation sites is 1. The van der Waals surface area contributed by atoms with Gasteiger partial charge in [0.15, 0.2) is 0 Å². The zero-order valence-electron chi connectivity index (χ0n) is 18.4. The van der Waals surface area contributed by atoms with Gasteiger partial charge in [-0.25, -0.2) is 4.98 Å². The lowest BCUT2D eigenvalue weighted by Gasteiger charge is -2.33. The first kappa shape index (κ1) is 22.0. The highest BCUT2D eigenvalue weighted by molar-refractivity contribution is 6.30. The Bertz CT molecular complexity index is 1160. The van der Waals surface area contributed by atoms with Gasteiger partial charge in [-0.2, -0.15) is 0 Å². The van der Waals surface area contributed by atoms with Crippen LogP contribution in [0, 0.1) is 12.3 Å². The molecule has 0 fully saturated rings. The minimum absolute atomic E-state index is 0.00358. The number of nitrogens with zero attached hydrogens (tertiary/aromatic N) is 3. The van der Waals surface area contributed by atoms with E-state index in [4.69, 9.17) is 16.6 Å². The van der Waals surface area contributed by atoms with E-state index in [1.165, 1.54) is 0 Å². The third-order valence-electron chi connectivity index (χ3n) is 5.32. The van der Waals surface area contributed by atoms with Crippen LogP contribution < -0.4 is 5.56 Å². The number of halogens is 1. The molecule has 6 heteroatoms. The number of fused-ring (bicyclic) bond motifs is 1. The number of hydrogen-bond donors (Lipinski definition) is 0. The number of aromatic nitrogens is 2. The molecular weight excluding hydrogens is 398 g/mol. The van der Waals surface area contributed by atoms with E-state index in [0.717, 1.165) is 5.56 Å². The SMILES string of the molecule is CCC(c1nc2ccccc2c(=O)n1-c1ccc(Cl)cc1C)N(C)C(=O)C(C)(C)C. The molecule has 5 nitrogen and oxygen atoms in total. The fourth-order valence-electron chi connectivity index (χ4n) is 3.78. The molecule has 158 valence electrons. The van der Waals surface area contributed by atoms with Gasteiger partial charge in [0, 0.05) is 17.5 Å². The maximum absolute atomic E-state index is 13.6. The molecule has 2 aromatic carbocycles. The van der Waals surface area contributed by atoms with Crippen molar-refractivity contribution in [2.24, 2.45) is 5.41 Å². The maximum atomic E-state index is 13.6. The number of hydrogen-bond acceptors (Lipinski definition) is 3. The summed E-state index contributed by atoms with van der Waals surface area (Å²) in [5.41, 5.74) is 1.50. The predicted octanol–water partition coefficient (Wildman–Crippen LogP) is 5.30. The molecule has 0 aliphatic heterocycles. The van der Waals surface area contributed by atoms with Gasteiger partial charge in [-0.05, 0) is 49.2 Å². The lowest BCUT2D eigenvalue weighted by Crippen LogP contribution is -2.41. The highest BCUT2D eigenvalue weighted by atomic mass is 35.5. The largest absolute Gasteiger partial charge is 0.335 e. The minimum atomic E-state index is -0.541. The molecule has 1 atom stereocenters. The number of aryl methyl sites for hydroxylation is 1. The van der Waals surface area contributed by atoms with Gasteiger partial charge in [0.05, 0.1) is 22.6 Å². The van der Waals surface area contributed by atoms with Gasteiger partial charge in [-0.15, -0.1) is 0 Å². The maximum Gasteiger partial charge on any atom is 0.266 e. The average molecular weight is 426 g/mol. The zero-order chi connectivity index (χ0) is 22.2. The van der Waals surface area contributed by atoms with E-state index in [9.17, 15) is 9.59 Å². The van der Waals surface area contributed by atoms with Gasteiger partial charge in [-0.3, -0.25) is 14.2 Å². The Labute approximate surface area is 182 Å². The lowest BCUT2D eigenvalue weighted by molar-refractivity contribution is -0.140. The normalized spacial score (nSPS) is 12.8. The van der Waals surface area contributed by atoms with Gasteiger partial charge in [0.2, 0.25) is 5.91 Å². The molecule has 1 heterocycles. The molecule has 30 heavy (non-hydrogen) atoms. The number of carbonyl (C=O) groups excluding carboxylic acids is 1. The third kappa shape index (κ3) is 3.99. The van der Waals surface area contributed by atoms with Crippen LogP contribution in [0.2, 0.25) is 5.02 Å². The first-order valence-electron chi connectivity index (χ1n) is 10.1. The molecule has 0 N–H and O–H groups in total.